The van der Waals surface area contributed by atoms with Crippen LogP contribution in [0.1, 0.15) is 16.1 Å². The van der Waals surface area contributed by atoms with Crippen LogP contribution in [-0.4, -0.2) is 10.7 Å². The number of ketones is 1. The quantitative estimate of drug-likeness (QED) is 0.402. The minimum Gasteiger partial charge on any atom is -0.453 e. The molecule has 1 aromatic heterocycles. The van der Waals surface area contributed by atoms with Crippen molar-refractivity contribution in [1.29, 1.82) is 0 Å². The summed E-state index contributed by atoms with van der Waals surface area (Å²) in [7, 11) is 0. The van der Waals surface area contributed by atoms with Gasteiger partial charge in [0.25, 0.3) is 5.69 Å². The summed E-state index contributed by atoms with van der Waals surface area (Å²) in [5, 5.41) is 11.5. The van der Waals surface area contributed by atoms with E-state index in [2.05, 4.69) is 15.9 Å². The number of non-ortho nitro benzene ring substituents is 1. The van der Waals surface area contributed by atoms with E-state index in [1.165, 1.54) is 24.3 Å². The second-order valence-electron chi connectivity index (χ2n) is 4.43. The van der Waals surface area contributed by atoms with Crippen LogP contribution in [0.25, 0.3) is 11.0 Å². The summed E-state index contributed by atoms with van der Waals surface area (Å²) in [5.41, 5.74) is 0.689. The molecule has 0 saturated heterocycles. The van der Waals surface area contributed by atoms with Gasteiger partial charge in [0.05, 0.1) is 4.92 Å². The van der Waals surface area contributed by atoms with E-state index in [9.17, 15) is 14.9 Å². The van der Waals surface area contributed by atoms with Gasteiger partial charge in [-0.3, -0.25) is 14.9 Å². The highest BCUT2D eigenvalue weighted by atomic mass is 79.9. The minimum absolute atomic E-state index is 0.125. The Kier molecular flexibility index (Phi) is 3.31. The van der Waals surface area contributed by atoms with Crippen LogP contribution >= 0.6 is 15.9 Å². The molecule has 2 aromatic carbocycles. The molecule has 0 amide bonds. The lowest BCUT2D eigenvalue weighted by Gasteiger charge is -1.97. The predicted octanol–water partition coefficient (Wildman–Crippen LogP) is 4.33. The van der Waals surface area contributed by atoms with Crippen molar-refractivity contribution < 1.29 is 14.1 Å². The first kappa shape index (κ1) is 13.5. The Morgan fingerprint density at radius 2 is 1.95 bits per heavy atom. The third-order valence-electron chi connectivity index (χ3n) is 3.02. The number of halogens is 1. The number of benzene rings is 2. The van der Waals surface area contributed by atoms with E-state index in [0.717, 1.165) is 9.86 Å². The van der Waals surface area contributed by atoms with Crippen molar-refractivity contribution in [2.75, 3.05) is 0 Å². The van der Waals surface area contributed by atoms with Crippen LogP contribution in [0.15, 0.2) is 57.4 Å². The molecule has 0 spiro atoms. The van der Waals surface area contributed by atoms with Gasteiger partial charge in [-0.25, -0.2) is 0 Å². The average molecular weight is 346 g/mol. The highest BCUT2D eigenvalue weighted by Gasteiger charge is 2.17. The van der Waals surface area contributed by atoms with Crippen LogP contribution in [0.2, 0.25) is 0 Å². The number of fused-ring (bicyclic) bond motifs is 1. The van der Waals surface area contributed by atoms with Crippen molar-refractivity contribution >= 4 is 38.4 Å². The molecule has 6 heteroatoms. The van der Waals surface area contributed by atoms with E-state index >= 15 is 0 Å². The van der Waals surface area contributed by atoms with E-state index in [1.54, 1.807) is 12.1 Å². The lowest BCUT2D eigenvalue weighted by Crippen LogP contribution is -2.00. The molecule has 21 heavy (non-hydrogen) atoms. The third kappa shape index (κ3) is 2.57. The first-order valence-corrected chi connectivity index (χ1v) is 6.82. The summed E-state index contributed by atoms with van der Waals surface area (Å²) >= 11 is 3.35. The van der Waals surface area contributed by atoms with E-state index in [1.807, 2.05) is 12.1 Å². The molecule has 104 valence electrons. The minimum atomic E-state index is -0.535. The molecule has 0 unspecified atom stereocenters. The fourth-order valence-corrected chi connectivity index (χ4v) is 2.41. The topological polar surface area (TPSA) is 73.3 Å². The second kappa shape index (κ2) is 5.14. The Hall–Kier alpha value is -2.47. The number of rotatable bonds is 3. The molecule has 0 N–H and O–H groups in total. The smallest absolute Gasteiger partial charge is 0.270 e. The summed E-state index contributed by atoms with van der Waals surface area (Å²) in [5.74, 6) is -0.227. The van der Waals surface area contributed by atoms with Gasteiger partial charge in [-0.15, -0.1) is 0 Å². The Balaban J connectivity index is 2.03. The maximum Gasteiger partial charge on any atom is 0.270 e. The number of nitro benzene ring substituents is 1. The summed E-state index contributed by atoms with van der Waals surface area (Å²) in [6.45, 7) is 0. The zero-order chi connectivity index (χ0) is 15.0. The van der Waals surface area contributed by atoms with Gasteiger partial charge in [-0.1, -0.05) is 28.1 Å². The van der Waals surface area contributed by atoms with Crippen molar-refractivity contribution in [3.8, 4) is 0 Å². The molecule has 0 aliphatic rings. The van der Waals surface area contributed by atoms with E-state index in [-0.39, 0.29) is 22.8 Å². The van der Waals surface area contributed by atoms with Crippen LogP contribution in [0.5, 0.6) is 0 Å². The van der Waals surface area contributed by atoms with Crippen molar-refractivity contribution in [2.45, 2.75) is 0 Å². The van der Waals surface area contributed by atoms with Crippen molar-refractivity contribution in [2.24, 2.45) is 0 Å². The van der Waals surface area contributed by atoms with Gasteiger partial charge in [-0.05, 0) is 24.3 Å². The van der Waals surface area contributed by atoms with Crippen LogP contribution in [0.4, 0.5) is 5.69 Å². The van der Waals surface area contributed by atoms with Crippen molar-refractivity contribution in [1.82, 2.24) is 0 Å². The number of nitrogens with zero attached hydrogens (tertiary/aromatic N) is 1. The Bertz CT molecular complexity index is 869. The molecule has 0 bridgehead atoms. The maximum atomic E-state index is 12.3. The fraction of sp³-hybridized carbons (Fsp3) is 0. The van der Waals surface area contributed by atoms with Crippen LogP contribution in [0, 0.1) is 10.1 Å². The SMILES string of the molecule is O=C(c1cccc([N+](=O)[O-])c1)c1cc2cc(Br)ccc2o1. The zero-order valence-corrected chi connectivity index (χ0v) is 12.2. The van der Waals surface area contributed by atoms with Gasteiger partial charge in [0.2, 0.25) is 5.78 Å². The number of carbonyl (C=O) groups excluding carboxylic acids is 1. The second-order valence-corrected chi connectivity index (χ2v) is 5.35. The molecule has 0 atom stereocenters. The molecule has 0 aliphatic carbocycles. The normalized spacial score (nSPS) is 10.7. The Morgan fingerprint density at radius 1 is 1.14 bits per heavy atom. The number of furan rings is 1. The van der Waals surface area contributed by atoms with Crippen LogP contribution in [-0.2, 0) is 0 Å². The van der Waals surface area contributed by atoms with Crippen molar-refractivity contribution in [3.05, 3.63) is 74.4 Å². The largest absolute Gasteiger partial charge is 0.453 e. The van der Waals surface area contributed by atoms with E-state index in [0.29, 0.717) is 5.58 Å². The molecule has 3 aromatic rings. The number of carbonyl (C=O) groups is 1. The zero-order valence-electron chi connectivity index (χ0n) is 10.6. The van der Waals surface area contributed by atoms with Gasteiger partial charge in [0.1, 0.15) is 5.58 Å². The molecule has 1 heterocycles. The molecular formula is C15H8BrNO4. The van der Waals surface area contributed by atoms with Gasteiger partial charge in [-0.2, -0.15) is 0 Å². The summed E-state index contributed by atoms with van der Waals surface area (Å²) < 4.78 is 6.38. The highest BCUT2D eigenvalue weighted by molar-refractivity contribution is 9.10. The van der Waals surface area contributed by atoms with Gasteiger partial charge in [0.15, 0.2) is 5.76 Å². The van der Waals surface area contributed by atoms with Gasteiger partial charge < -0.3 is 4.42 Å². The van der Waals surface area contributed by atoms with Crippen LogP contribution < -0.4 is 0 Å². The number of hydrogen-bond acceptors (Lipinski definition) is 4. The molecule has 0 radical (unpaired) electrons. The summed E-state index contributed by atoms with van der Waals surface area (Å²) in [4.78, 5) is 22.6. The highest BCUT2D eigenvalue weighted by Crippen LogP contribution is 2.25. The molecule has 3 rings (SSSR count). The molecule has 5 nitrogen and oxygen atoms in total. The Morgan fingerprint density at radius 3 is 2.71 bits per heavy atom. The number of nitro groups is 1. The first-order valence-electron chi connectivity index (χ1n) is 6.03. The van der Waals surface area contributed by atoms with Crippen LogP contribution in [0.3, 0.4) is 0 Å². The molecule has 0 fully saturated rings. The third-order valence-corrected chi connectivity index (χ3v) is 3.51. The maximum absolute atomic E-state index is 12.3. The Labute approximate surface area is 127 Å². The van der Waals surface area contributed by atoms with E-state index in [4.69, 9.17) is 4.42 Å². The summed E-state index contributed by atoms with van der Waals surface area (Å²) in [6, 6.07) is 12.6. The predicted molar refractivity (Wildman–Crippen MR) is 80.4 cm³/mol. The molecular weight excluding hydrogens is 338 g/mol. The monoisotopic (exact) mass is 345 g/mol. The molecule has 0 saturated carbocycles. The average Bonchev–Trinajstić information content (AvgIpc) is 2.89. The lowest BCUT2D eigenvalue weighted by atomic mass is 10.1. The van der Waals surface area contributed by atoms with Gasteiger partial charge >= 0.3 is 0 Å². The standard InChI is InChI=1S/C15H8BrNO4/c16-11-4-5-13-10(6-11)8-14(21-13)15(18)9-2-1-3-12(7-9)17(19)20/h1-8H. The number of hydrogen-bond donors (Lipinski definition) is 0. The van der Waals surface area contributed by atoms with Crippen molar-refractivity contribution in [3.63, 3.8) is 0 Å². The van der Waals surface area contributed by atoms with Gasteiger partial charge in [0, 0.05) is 27.6 Å². The summed E-state index contributed by atoms with van der Waals surface area (Å²) in [6.07, 6.45) is 0. The lowest BCUT2D eigenvalue weighted by molar-refractivity contribution is -0.384. The molecule has 0 aliphatic heterocycles. The fourth-order valence-electron chi connectivity index (χ4n) is 2.03. The first-order chi connectivity index (χ1) is 10.0. The van der Waals surface area contributed by atoms with E-state index < -0.39 is 4.92 Å².